The molecule has 0 saturated heterocycles. The number of rotatable bonds is 4. The van der Waals surface area contributed by atoms with Crippen molar-refractivity contribution in [2.75, 3.05) is 6.61 Å². The van der Waals surface area contributed by atoms with Crippen LogP contribution in [-0.2, 0) is 13.6 Å². The molecule has 18 heavy (non-hydrogen) atoms. The minimum atomic E-state index is 0.451. The van der Waals surface area contributed by atoms with E-state index in [0.29, 0.717) is 13.2 Å². The number of benzene rings is 1. The lowest BCUT2D eigenvalue weighted by Gasteiger charge is -2.10. The number of imidazole rings is 1. The van der Waals surface area contributed by atoms with E-state index in [9.17, 15) is 0 Å². The smallest absolute Gasteiger partial charge is 0.122 e. The fourth-order valence-corrected chi connectivity index (χ4v) is 2.03. The van der Waals surface area contributed by atoms with E-state index >= 15 is 0 Å². The van der Waals surface area contributed by atoms with Crippen LogP contribution in [0.4, 0.5) is 0 Å². The van der Waals surface area contributed by atoms with Crippen molar-refractivity contribution in [1.29, 1.82) is 0 Å². The third kappa shape index (κ3) is 2.24. The molecular formula is C14H19N3O. The van der Waals surface area contributed by atoms with Gasteiger partial charge in [0.2, 0.25) is 0 Å². The first-order valence-electron chi connectivity index (χ1n) is 6.11. The summed E-state index contributed by atoms with van der Waals surface area (Å²) in [6.45, 7) is 5.17. The van der Waals surface area contributed by atoms with Gasteiger partial charge in [-0.25, -0.2) is 4.98 Å². The lowest BCUT2D eigenvalue weighted by Crippen LogP contribution is -2.05. The lowest BCUT2D eigenvalue weighted by molar-refractivity contribution is 0.338. The number of nitrogens with zero attached hydrogens (tertiary/aromatic N) is 2. The Bertz CT molecular complexity index is 546. The zero-order chi connectivity index (χ0) is 13.1. The first-order chi connectivity index (χ1) is 8.67. The average molecular weight is 245 g/mol. The largest absolute Gasteiger partial charge is 0.494 e. The van der Waals surface area contributed by atoms with Gasteiger partial charge in [-0.05, 0) is 37.6 Å². The van der Waals surface area contributed by atoms with Crippen molar-refractivity contribution >= 4 is 0 Å². The predicted octanol–water partition coefficient (Wildman–Crippen LogP) is 2.25. The zero-order valence-electron chi connectivity index (χ0n) is 11.1. The molecule has 0 saturated carbocycles. The molecule has 2 N–H and O–H groups in total. The number of aromatic nitrogens is 2. The van der Waals surface area contributed by atoms with Gasteiger partial charge < -0.3 is 15.0 Å². The van der Waals surface area contributed by atoms with Crippen LogP contribution >= 0.6 is 0 Å². The van der Waals surface area contributed by atoms with Crippen molar-refractivity contribution in [3.63, 3.8) is 0 Å². The van der Waals surface area contributed by atoms with Gasteiger partial charge in [0.1, 0.15) is 11.6 Å². The second kappa shape index (κ2) is 5.23. The highest BCUT2D eigenvalue weighted by Crippen LogP contribution is 2.26. The molecule has 0 aliphatic rings. The number of ether oxygens (including phenoxy) is 1. The van der Waals surface area contributed by atoms with E-state index in [-0.39, 0.29) is 0 Å². The Morgan fingerprint density at radius 3 is 2.72 bits per heavy atom. The third-order valence-electron chi connectivity index (χ3n) is 3.04. The van der Waals surface area contributed by atoms with E-state index < -0.39 is 0 Å². The van der Waals surface area contributed by atoms with Gasteiger partial charge in [-0.15, -0.1) is 0 Å². The summed E-state index contributed by atoms with van der Waals surface area (Å²) < 4.78 is 7.56. The summed E-state index contributed by atoms with van der Waals surface area (Å²) in [6.07, 6.45) is 1.86. The number of aryl methyl sites for hydroxylation is 1. The molecule has 0 atom stereocenters. The molecule has 1 aromatic carbocycles. The Morgan fingerprint density at radius 1 is 1.39 bits per heavy atom. The average Bonchev–Trinajstić information content (AvgIpc) is 2.73. The Labute approximate surface area is 107 Å². The predicted molar refractivity (Wildman–Crippen MR) is 72.4 cm³/mol. The molecule has 4 heteroatoms. The zero-order valence-corrected chi connectivity index (χ0v) is 11.1. The summed E-state index contributed by atoms with van der Waals surface area (Å²) in [7, 11) is 1.98. The summed E-state index contributed by atoms with van der Waals surface area (Å²) in [5.41, 5.74) is 8.96. The fraction of sp³-hybridized carbons (Fsp3) is 0.357. The Balaban J connectivity index is 2.39. The molecule has 2 rings (SSSR count). The van der Waals surface area contributed by atoms with Gasteiger partial charge >= 0.3 is 0 Å². The van der Waals surface area contributed by atoms with Gasteiger partial charge in [0.25, 0.3) is 0 Å². The first-order valence-corrected chi connectivity index (χ1v) is 6.11. The first kappa shape index (κ1) is 12.6. The lowest BCUT2D eigenvalue weighted by atomic mass is 10.1. The van der Waals surface area contributed by atoms with Gasteiger partial charge in [-0.3, -0.25) is 0 Å². The van der Waals surface area contributed by atoms with Crippen molar-refractivity contribution in [2.24, 2.45) is 12.8 Å². The highest BCUT2D eigenvalue weighted by molar-refractivity contribution is 5.62. The van der Waals surface area contributed by atoms with Crippen LogP contribution in [0.15, 0.2) is 24.4 Å². The molecule has 0 aliphatic heterocycles. The van der Waals surface area contributed by atoms with Gasteiger partial charge in [-0.2, -0.15) is 0 Å². The van der Waals surface area contributed by atoms with Gasteiger partial charge in [0.15, 0.2) is 0 Å². The molecule has 96 valence electrons. The van der Waals surface area contributed by atoms with Crippen LogP contribution in [0.5, 0.6) is 5.75 Å². The molecule has 0 unspecified atom stereocenters. The standard InChI is InChI=1S/C14H19N3O/c1-4-18-13-6-5-11(7-10(13)2)12-9-16-14(8-15)17(12)3/h5-7,9H,4,8,15H2,1-3H3. The quantitative estimate of drug-likeness (QED) is 0.898. The normalized spacial score (nSPS) is 10.7. The fourth-order valence-electron chi connectivity index (χ4n) is 2.03. The molecule has 1 heterocycles. The van der Waals surface area contributed by atoms with Crippen LogP contribution < -0.4 is 10.5 Å². The maximum atomic E-state index is 5.63. The summed E-state index contributed by atoms with van der Waals surface area (Å²) in [5, 5.41) is 0. The van der Waals surface area contributed by atoms with Crippen LogP contribution in [-0.4, -0.2) is 16.2 Å². The summed E-state index contributed by atoms with van der Waals surface area (Å²) in [6, 6.07) is 6.17. The molecule has 0 radical (unpaired) electrons. The third-order valence-corrected chi connectivity index (χ3v) is 3.04. The van der Waals surface area contributed by atoms with E-state index in [1.54, 1.807) is 0 Å². The van der Waals surface area contributed by atoms with Crippen LogP contribution in [0, 0.1) is 6.92 Å². The Hall–Kier alpha value is -1.81. The molecule has 1 aromatic heterocycles. The van der Waals surface area contributed by atoms with Crippen LogP contribution in [0.3, 0.4) is 0 Å². The summed E-state index contributed by atoms with van der Waals surface area (Å²) >= 11 is 0. The minimum absolute atomic E-state index is 0.451. The highest BCUT2D eigenvalue weighted by atomic mass is 16.5. The van der Waals surface area contributed by atoms with Crippen LogP contribution in [0.2, 0.25) is 0 Å². The van der Waals surface area contributed by atoms with Crippen LogP contribution in [0.25, 0.3) is 11.3 Å². The molecule has 0 aliphatic carbocycles. The maximum Gasteiger partial charge on any atom is 0.122 e. The van der Waals surface area contributed by atoms with Crippen molar-refractivity contribution in [3.8, 4) is 17.0 Å². The number of hydrogen-bond donors (Lipinski definition) is 1. The highest BCUT2D eigenvalue weighted by Gasteiger charge is 2.09. The van der Waals surface area contributed by atoms with Crippen LogP contribution in [0.1, 0.15) is 18.3 Å². The van der Waals surface area contributed by atoms with E-state index in [4.69, 9.17) is 10.5 Å². The van der Waals surface area contributed by atoms with E-state index in [2.05, 4.69) is 24.0 Å². The SMILES string of the molecule is CCOc1ccc(-c2cnc(CN)n2C)cc1C. The molecular weight excluding hydrogens is 226 g/mol. The topological polar surface area (TPSA) is 53.1 Å². The van der Waals surface area contributed by atoms with E-state index in [1.807, 2.05) is 30.8 Å². The molecule has 0 fully saturated rings. The number of nitrogens with two attached hydrogens (primary N) is 1. The molecule has 0 amide bonds. The maximum absolute atomic E-state index is 5.63. The van der Waals surface area contributed by atoms with E-state index in [1.165, 1.54) is 0 Å². The van der Waals surface area contributed by atoms with Gasteiger partial charge in [0.05, 0.1) is 25.0 Å². The van der Waals surface area contributed by atoms with Crippen molar-refractivity contribution in [1.82, 2.24) is 9.55 Å². The Kier molecular flexibility index (Phi) is 3.67. The van der Waals surface area contributed by atoms with Crippen molar-refractivity contribution < 1.29 is 4.74 Å². The van der Waals surface area contributed by atoms with Crippen molar-refractivity contribution in [3.05, 3.63) is 35.8 Å². The molecule has 2 aromatic rings. The second-order valence-corrected chi connectivity index (χ2v) is 4.24. The molecule has 0 spiro atoms. The summed E-state index contributed by atoms with van der Waals surface area (Å²) in [4.78, 5) is 4.31. The van der Waals surface area contributed by atoms with E-state index in [0.717, 1.165) is 28.4 Å². The minimum Gasteiger partial charge on any atom is -0.494 e. The van der Waals surface area contributed by atoms with Gasteiger partial charge in [-0.1, -0.05) is 0 Å². The number of hydrogen-bond acceptors (Lipinski definition) is 3. The second-order valence-electron chi connectivity index (χ2n) is 4.24. The Morgan fingerprint density at radius 2 is 2.17 bits per heavy atom. The molecule has 0 bridgehead atoms. The monoisotopic (exact) mass is 245 g/mol. The van der Waals surface area contributed by atoms with Crippen molar-refractivity contribution in [2.45, 2.75) is 20.4 Å². The molecule has 4 nitrogen and oxygen atoms in total. The summed E-state index contributed by atoms with van der Waals surface area (Å²) in [5.74, 6) is 1.82. The van der Waals surface area contributed by atoms with Gasteiger partial charge in [0, 0.05) is 12.6 Å².